The van der Waals surface area contributed by atoms with E-state index in [1.165, 1.54) is 37.7 Å². The van der Waals surface area contributed by atoms with Gasteiger partial charge in [-0.25, -0.2) is 9.69 Å². The Balaban J connectivity index is 0.00000155. The van der Waals surface area contributed by atoms with Crippen molar-refractivity contribution < 1.29 is 28.9 Å². The van der Waals surface area contributed by atoms with Crippen LogP contribution >= 0.6 is 23.6 Å². The van der Waals surface area contributed by atoms with Crippen molar-refractivity contribution in [3.8, 4) is 11.5 Å². The molecule has 162 valence electrons. The van der Waals surface area contributed by atoms with Crippen molar-refractivity contribution in [3.63, 3.8) is 0 Å². The van der Waals surface area contributed by atoms with Crippen molar-refractivity contribution in [1.82, 2.24) is 4.90 Å². The Kier molecular flexibility index (Phi) is 7.80. The number of amides is 1. The first kappa shape index (κ1) is 23.6. The fourth-order valence-electron chi connectivity index (χ4n) is 3.30. The van der Waals surface area contributed by atoms with Gasteiger partial charge in [0.25, 0.3) is 11.1 Å². The van der Waals surface area contributed by atoms with E-state index in [2.05, 4.69) is 0 Å². The Bertz CT molecular complexity index is 892. The van der Waals surface area contributed by atoms with E-state index in [1.807, 2.05) is 19.2 Å². The average molecular weight is 452 g/mol. The summed E-state index contributed by atoms with van der Waals surface area (Å²) in [4.78, 5) is 27.2. The second-order valence-electron chi connectivity index (χ2n) is 6.11. The Morgan fingerprint density at radius 2 is 1.83 bits per heavy atom. The predicted molar refractivity (Wildman–Crippen MR) is 118 cm³/mol. The van der Waals surface area contributed by atoms with Gasteiger partial charge in [0.2, 0.25) is 0 Å². The molecule has 1 aromatic carbocycles. The molecule has 1 amide bonds. The normalized spacial score (nSPS) is 20.1. The molecule has 1 saturated heterocycles. The van der Waals surface area contributed by atoms with Crippen LogP contribution in [-0.2, 0) is 15.1 Å². The summed E-state index contributed by atoms with van der Waals surface area (Å²) in [6, 6.07) is 6.92. The van der Waals surface area contributed by atoms with Crippen molar-refractivity contribution in [2.24, 2.45) is 0 Å². The minimum absolute atomic E-state index is 0.172. The largest absolute Gasteiger partial charge is 0.497 e. The molecule has 2 aromatic rings. The number of thiophene rings is 1. The lowest BCUT2D eigenvalue weighted by atomic mass is 9.89. The van der Waals surface area contributed by atoms with Crippen LogP contribution in [0.4, 0.5) is 0 Å². The lowest BCUT2D eigenvalue weighted by Gasteiger charge is -2.30. The Morgan fingerprint density at radius 1 is 1.23 bits per heavy atom. The molecule has 1 aliphatic heterocycles. The highest BCUT2D eigenvalue weighted by molar-refractivity contribution is 7.80. The first-order chi connectivity index (χ1) is 14.4. The fraction of sp³-hybridized carbons (Fsp3) is 0.381. The number of rotatable bonds is 6. The van der Waals surface area contributed by atoms with E-state index in [1.54, 1.807) is 25.1 Å². The molecule has 1 aliphatic rings. The number of carbonyl (C=O) groups excluding carboxylic acids is 1. The van der Waals surface area contributed by atoms with Gasteiger partial charge in [0, 0.05) is 11.6 Å². The molecule has 2 atom stereocenters. The van der Waals surface area contributed by atoms with Crippen LogP contribution in [0.25, 0.3) is 0 Å². The maximum absolute atomic E-state index is 13.3. The Labute approximate surface area is 185 Å². The van der Waals surface area contributed by atoms with Gasteiger partial charge in [-0.15, -0.1) is 11.3 Å². The van der Waals surface area contributed by atoms with Gasteiger partial charge < -0.3 is 19.3 Å². The molecule has 9 heteroatoms. The molecule has 30 heavy (non-hydrogen) atoms. The third kappa shape index (κ3) is 4.13. The first-order valence-electron chi connectivity index (χ1n) is 9.44. The molecule has 7 nitrogen and oxygen atoms in total. The van der Waals surface area contributed by atoms with Gasteiger partial charge in [0.1, 0.15) is 11.5 Å². The molecule has 0 aliphatic carbocycles. The standard InChI is InChI=1S/C19H19NO6S2.C2H6/c1-4-19(14-6-5-7-28-14)15(17(22)23)20(18(27)26-19)16(21)11-8-12(24-2)10-13(9-11)25-3;1-2/h5-10,15H,4H2,1-3H3,(H,22,23);1-2H3. The first-order valence-corrected chi connectivity index (χ1v) is 10.7. The smallest absolute Gasteiger partial charge is 0.331 e. The summed E-state index contributed by atoms with van der Waals surface area (Å²) in [5, 5.41) is 11.6. The number of benzene rings is 1. The van der Waals surface area contributed by atoms with E-state index >= 15 is 0 Å². The third-order valence-electron chi connectivity index (χ3n) is 4.68. The van der Waals surface area contributed by atoms with Crippen LogP contribution in [0.3, 0.4) is 0 Å². The second kappa shape index (κ2) is 9.90. The minimum Gasteiger partial charge on any atom is -0.497 e. The van der Waals surface area contributed by atoms with Gasteiger partial charge in [-0.05, 0) is 42.2 Å². The van der Waals surface area contributed by atoms with Crippen LogP contribution in [0.15, 0.2) is 35.7 Å². The van der Waals surface area contributed by atoms with Crippen LogP contribution in [0.5, 0.6) is 11.5 Å². The number of methoxy groups -OCH3 is 2. The van der Waals surface area contributed by atoms with Gasteiger partial charge in [0.15, 0.2) is 11.6 Å². The van der Waals surface area contributed by atoms with Crippen molar-refractivity contribution in [2.75, 3.05) is 14.2 Å². The van der Waals surface area contributed by atoms with Gasteiger partial charge in [0.05, 0.1) is 19.1 Å². The van der Waals surface area contributed by atoms with E-state index in [0.29, 0.717) is 22.8 Å². The highest BCUT2D eigenvalue weighted by Gasteiger charge is 2.59. The second-order valence-corrected chi connectivity index (χ2v) is 7.40. The molecule has 1 aromatic heterocycles. The molecule has 2 unspecified atom stereocenters. The van der Waals surface area contributed by atoms with Gasteiger partial charge in [-0.3, -0.25) is 4.79 Å². The summed E-state index contributed by atoms with van der Waals surface area (Å²) in [6.07, 6.45) is 0.329. The number of thiocarbonyl (C=S) groups is 1. The number of aliphatic carboxylic acids is 1. The number of nitrogens with zero attached hydrogens (tertiary/aromatic N) is 1. The molecule has 0 radical (unpaired) electrons. The van der Waals surface area contributed by atoms with Gasteiger partial charge in [-0.1, -0.05) is 26.8 Å². The molecule has 0 saturated carbocycles. The zero-order valence-corrected chi connectivity index (χ0v) is 19.1. The monoisotopic (exact) mass is 451 g/mol. The van der Waals surface area contributed by atoms with Crippen LogP contribution in [0.2, 0.25) is 0 Å². The quantitative estimate of drug-likeness (QED) is 0.655. The average Bonchev–Trinajstić information content (AvgIpc) is 3.41. The molecule has 1 fully saturated rings. The third-order valence-corrected chi connectivity index (χ3v) is 5.99. The zero-order valence-electron chi connectivity index (χ0n) is 17.5. The van der Waals surface area contributed by atoms with Crippen LogP contribution in [-0.4, -0.2) is 47.3 Å². The molecular formula is C21H25NO6S2. The SMILES string of the molecule is CC.CCC1(c2cccs2)OC(=S)N(C(=O)c2cc(OC)cc(OC)c2)C1C(=O)O. The summed E-state index contributed by atoms with van der Waals surface area (Å²) in [5.41, 5.74) is -1.05. The van der Waals surface area contributed by atoms with E-state index in [-0.39, 0.29) is 10.7 Å². The number of ether oxygens (including phenoxy) is 3. The van der Waals surface area contributed by atoms with Gasteiger partial charge >= 0.3 is 5.97 Å². The van der Waals surface area contributed by atoms with Crippen molar-refractivity contribution in [1.29, 1.82) is 0 Å². The molecule has 1 N–H and O–H groups in total. The highest BCUT2D eigenvalue weighted by atomic mass is 32.1. The summed E-state index contributed by atoms with van der Waals surface area (Å²) >= 11 is 6.65. The van der Waals surface area contributed by atoms with E-state index in [4.69, 9.17) is 26.4 Å². The number of hydrogen-bond acceptors (Lipinski definition) is 7. The van der Waals surface area contributed by atoms with Crippen LogP contribution in [0, 0.1) is 0 Å². The molecule has 0 spiro atoms. The number of carboxylic acid groups (broad SMARTS) is 1. The fourth-order valence-corrected chi connectivity index (χ4v) is 4.59. The van der Waals surface area contributed by atoms with Crippen LogP contribution in [0.1, 0.15) is 42.4 Å². The Morgan fingerprint density at radius 3 is 2.27 bits per heavy atom. The number of hydrogen-bond donors (Lipinski definition) is 1. The zero-order chi connectivity index (χ0) is 22.5. The lowest BCUT2D eigenvalue weighted by molar-refractivity contribution is -0.145. The maximum Gasteiger partial charge on any atom is 0.331 e. The van der Waals surface area contributed by atoms with Gasteiger partial charge in [-0.2, -0.15) is 0 Å². The molecular weight excluding hydrogens is 426 g/mol. The number of carbonyl (C=O) groups is 2. The molecule has 3 rings (SSSR count). The summed E-state index contributed by atoms with van der Waals surface area (Å²) in [5.74, 6) is -0.985. The van der Waals surface area contributed by atoms with E-state index < -0.39 is 23.5 Å². The molecule has 0 bridgehead atoms. The Hall–Kier alpha value is -2.65. The number of carboxylic acids is 1. The van der Waals surface area contributed by atoms with E-state index in [9.17, 15) is 14.7 Å². The predicted octanol–water partition coefficient (Wildman–Crippen LogP) is 4.31. The summed E-state index contributed by atoms with van der Waals surface area (Å²) in [7, 11) is 2.93. The summed E-state index contributed by atoms with van der Waals surface area (Å²) in [6.45, 7) is 5.81. The molecule has 2 heterocycles. The minimum atomic E-state index is -1.30. The van der Waals surface area contributed by atoms with Crippen molar-refractivity contribution in [3.05, 3.63) is 46.2 Å². The maximum atomic E-state index is 13.3. The van der Waals surface area contributed by atoms with Crippen molar-refractivity contribution >= 4 is 40.6 Å². The summed E-state index contributed by atoms with van der Waals surface area (Å²) < 4.78 is 16.3. The highest BCUT2D eigenvalue weighted by Crippen LogP contribution is 2.44. The topological polar surface area (TPSA) is 85.3 Å². The van der Waals surface area contributed by atoms with Crippen LogP contribution < -0.4 is 9.47 Å². The van der Waals surface area contributed by atoms with E-state index in [0.717, 1.165) is 4.90 Å². The lowest BCUT2D eigenvalue weighted by Crippen LogP contribution is -2.50. The van der Waals surface area contributed by atoms with Crippen molar-refractivity contribution in [2.45, 2.75) is 38.8 Å².